The number of amides is 3. The normalized spacial score (nSPS) is 22.7. The second kappa shape index (κ2) is 5.30. The molecule has 0 aliphatic carbocycles. The van der Waals surface area contributed by atoms with Gasteiger partial charge in [0.15, 0.2) is 10.0 Å². The Hall–Kier alpha value is -1.70. The predicted octanol–water partition coefficient (Wildman–Crippen LogP) is 0.690. The number of carbonyl (C=O) groups is 2. The topological polar surface area (TPSA) is 96.9 Å². The molecule has 0 bridgehead atoms. The molecule has 1 unspecified atom stereocenters. The summed E-state index contributed by atoms with van der Waals surface area (Å²) in [5.74, 6) is -0.341. The third-order valence-electron chi connectivity index (χ3n) is 2.53. The van der Waals surface area contributed by atoms with Crippen LogP contribution in [-0.2, 0) is 4.79 Å². The molecule has 0 aromatic carbocycles. The monoisotopic (exact) mass is 267 g/mol. The molecule has 18 heavy (non-hydrogen) atoms. The van der Waals surface area contributed by atoms with Crippen molar-refractivity contribution in [2.24, 2.45) is 0 Å². The number of urea groups is 1. The zero-order valence-corrected chi connectivity index (χ0v) is 10.7. The van der Waals surface area contributed by atoms with Crippen molar-refractivity contribution in [3.63, 3.8) is 0 Å². The van der Waals surface area contributed by atoms with E-state index in [1.54, 1.807) is 0 Å². The van der Waals surface area contributed by atoms with E-state index in [2.05, 4.69) is 25.6 Å². The summed E-state index contributed by atoms with van der Waals surface area (Å²) in [5.41, 5.74) is 0. The molecule has 1 aromatic heterocycles. The van der Waals surface area contributed by atoms with Gasteiger partial charge in [0.25, 0.3) is 5.91 Å². The van der Waals surface area contributed by atoms with Crippen LogP contribution in [0.5, 0.6) is 0 Å². The SMILES string of the molecule is CCCCC1(Sc2ncncn2)NC(=O)NC1=O. The maximum absolute atomic E-state index is 11.9. The van der Waals surface area contributed by atoms with Gasteiger partial charge >= 0.3 is 6.03 Å². The summed E-state index contributed by atoms with van der Waals surface area (Å²) in [4.78, 5) is 33.9. The first kappa shape index (κ1) is 12.7. The lowest BCUT2D eigenvalue weighted by Gasteiger charge is -2.23. The van der Waals surface area contributed by atoms with E-state index >= 15 is 0 Å². The molecular weight excluding hydrogens is 254 g/mol. The van der Waals surface area contributed by atoms with Gasteiger partial charge in [-0.2, -0.15) is 0 Å². The van der Waals surface area contributed by atoms with E-state index in [0.29, 0.717) is 11.6 Å². The number of imide groups is 1. The molecule has 0 saturated carbocycles. The van der Waals surface area contributed by atoms with Crippen molar-refractivity contribution in [2.45, 2.75) is 36.2 Å². The molecule has 1 fully saturated rings. The van der Waals surface area contributed by atoms with Gasteiger partial charge in [0.2, 0.25) is 0 Å². The number of hydrogen-bond acceptors (Lipinski definition) is 6. The third-order valence-corrected chi connectivity index (χ3v) is 3.76. The lowest BCUT2D eigenvalue weighted by atomic mass is 10.1. The molecule has 0 radical (unpaired) electrons. The zero-order valence-electron chi connectivity index (χ0n) is 9.84. The van der Waals surface area contributed by atoms with Crippen molar-refractivity contribution in [3.8, 4) is 0 Å². The van der Waals surface area contributed by atoms with E-state index in [-0.39, 0.29) is 5.91 Å². The van der Waals surface area contributed by atoms with Crippen molar-refractivity contribution in [2.75, 3.05) is 0 Å². The molecule has 2 rings (SSSR count). The van der Waals surface area contributed by atoms with Crippen molar-refractivity contribution >= 4 is 23.7 Å². The number of nitrogens with one attached hydrogen (secondary N) is 2. The van der Waals surface area contributed by atoms with Crippen LogP contribution < -0.4 is 10.6 Å². The Balaban J connectivity index is 2.20. The van der Waals surface area contributed by atoms with Crippen LogP contribution >= 0.6 is 11.8 Å². The second-order valence-electron chi connectivity index (χ2n) is 3.86. The summed E-state index contributed by atoms with van der Waals surface area (Å²) in [5, 5.41) is 5.33. The van der Waals surface area contributed by atoms with Crippen LogP contribution in [0, 0.1) is 0 Å². The summed E-state index contributed by atoms with van der Waals surface area (Å²) >= 11 is 1.14. The highest BCUT2D eigenvalue weighted by molar-refractivity contribution is 8.01. The molecule has 1 aromatic rings. The highest BCUT2D eigenvalue weighted by atomic mass is 32.2. The molecule has 3 amide bonds. The van der Waals surface area contributed by atoms with Gasteiger partial charge in [-0.1, -0.05) is 13.3 Å². The average Bonchev–Trinajstić information content (AvgIpc) is 2.63. The fourth-order valence-electron chi connectivity index (χ4n) is 1.64. The van der Waals surface area contributed by atoms with Crippen molar-refractivity contribution < 1.29 is 9.59 Å². The number of unbranched alkanes of at least 4 members (excludes halogenated alkanes) is 1. The molecule has 1 atom stereocenters. The molecule has 2 heterocycles. The molecule has 1 aliphatic heterocycles. The lowest BCUT2D eigenvalue weighted by Crippen LogP contribution is -2.43. The highest BCUT2D eigenvalue weighted by Crippen LogP contribution is 2.34. The number of aromatic nitrogens is 3. The Kier molecular flexibility index (Phi) is 3.75. The number of rotatable bonds is 5. The van der Waals surface area contributed by atoms with E-state index in [9.17, 15) is 9.59 Å². The number of hydrogen-bond donors (Lipinski definition) is 2. The molecule has 2 N–H and O–H groups in total. The molecule has 1 aliphatic rings. The minimum Gasteiger partial charge on any atom is -0.314 e. The largest absolute Gasteiger partial charge is 0.323 e. The quantitative estimate of drug-likeness (QED) is 0.762. The summed E-state index contributed by atoms with van der Waals surface area (Å²) in [6, 6.07) is -0.474. The number of thioether (sulfide) groups is 1. The Labute approximate surface area is 108 Å². The standard InChI is InChI=1S/C10H13N5O2S/c1-2-3-4-10(7(16)14-8(17)15-10)18-9-12-5-11-6-13-9/h5-6H,2-4H2,1H3,(H2,14,15,16,17). The van der Waals surface area contributed by atoms with Gasteiger partial charge in [-0.3, -0.25) is 10.1 Å². The lowest BCUT2D eigenvalue weighted by molar-refractivity contribution is -0.121. The minimum absolute atomic E-state index is 0.341. The first-order valence-corrected chi connectivity index (χ1v) is 6.42. The predicted molar refractivity (Wildman–Crippen MR) is 64.6 cm³/mol. The van der Waals surface area contributed by atoms with Gasteiger partial charge in [0.1, 0.15) is 12.7 Å². The average molecular weight is 267 g/mol. The van der Waals surface area contributed by atoms with Crippen LogP contribution in [0.25, 0.3) is 0 Å². The van der Waals surface area contributed by atoms with Gasteiger partial charge in [-0.05, 0) is 24.6 Å². The van der Waals surface area contributed by atoms with Crippen LogP contribution in [0.4, 0.5) is 4.79 Å². The van der Waals surface area contributed by atoms with Crippen LogP contribution in [0.3, 0.4) is 0 Å². The number of nitrogens with zero attached hydrogens (tertiary/aromatic N) is 3. The van der Waals surface area contributed by atoms with Crippen molar-refractivity contribution in [1.82, 2.24) is 25.6 Å². The van der Waals surface area contributed by atoms with Crippen LogP contribution in [0.15, 0.2) is 17.8 Å². The fraction of sp³-hybridized carbons (Fsp3) is 0.500. The Morgan fingerprint density at radius 1 is 1.33 bits per heavy atom. The van der Waals surface area contributed by atoms with E-state index in [4.69, 9.17) is 0 Å². The number of carbonyl (C=O) groups excluding carboxylic acids is 2. The van der Waals surface area contributed by atoms with E-state index in [1.807, 2.05) is 6.92 Å². The zero-order chi connectivity index (χ0) is 13.0. The van der Waals surface area contributed by atoms with Gasteiger partial charge in [-0.15, -0.1) is 0 Å². The van der Waals surface area contributed by atoms with Crippen molar-refractivity contribution in [1.29, 1.82) is 0 Å². The summed E-state index contributed by atoms with van der Waals surface area (Å²) in [7, 11) is 0. The molecule has 7 nitrogen and oxygen atoms in total. The summed E-state index contributed by atoms with van der Waals surface area (Å²) in [6.45, 7) is 2.02. The first-order chi connectivity index (χ1) is 8.66. The molecule has 0 spiro atoms. The Bertz CT molecular complexity index is 455. The van der Waals surface area contributed by atoms with Crippen LogP contribution in [0.1, 0.15) is 26.2 Å². The highest BCUT2D eigenvalue weighted by Gasteiger charge is 2.47. The minimum atomic E-state index is -1.01. The second-order valence-corrected chi connectivity index (χ2v) is 5.13. The van der Waals surface area contributed by atoms with Crippen LogP contribution in [-0.4, -0.2) is 31.8 Å². The van der Waals surface area contributed by atoms with Crippen molar-refractivity contribution in [3.05, 3.63) is 12.7 Å². The third kappa shape index (κ3) is 2.58. The van der Waals surface area contributed by atoms with E-state index in [1.165, 1.54) is 12.7 Å². The summed E-state index contributed by atoms with van der Waals surface area (Å²) < 4.78 is 0. The first-order valence-electron chi connectivity index (χ1n) is 5.61. The molecular formula is C10H13N5O2S. The van der Waals surface area contributed by atoms with Gasteiger partial charge < -0.3 is 5.32 Å². The van der Waals surface area contributed by atoms with E-state index < -0.39 is 10.9 Å². The van der Waals surface area contributed by atoms with Crippen LogP contribution in [0.2, 0.25) is 0 Å². The maximum Gasteiger partial charge on any atom is 0.323 e. The molecule has 8 heteroatoms. The van der Waals surface area contributed by atoms with Gasteiger partial charge in [0.05, 0.1) is 0 Å². The van der Waals surface area contributed by atoms with Gasteiger partial charge in [0, 0.05) is 0 Å². The summed E-state index contributed by atoms with van der Waals surface area (Å²) in [6.07, 6.45) is 5.01. The van der Waals surface area contributed by atoms with E-state index in [0.717, 1.165) is 24.6 Å². The fourth-order valence-corrected chi connectivity index (χ4v) is 2.68. The smallest absolute Gasteiger partial charge is 0.314 e. The molecule has 96 valence electrons. The Morgan fingerprint density at radius 3 is 2.61 bits per heavy atom. The molecule has 1 saturated heterocycles. The Morgan fingerprint density at radius 2 is 2.06 bits per heavy atom. The maximum atomic E-state index is 11.9. The van der Waals surface area contributed by atoms with Gasteiger partial charge in [-0.25, -0.2) is 19.7 Å².